The Labute approximate surface area is 155 Å². The Kier molecular flexibility index (Phi) is 6.36. The van der Waals surface area contributed by atoms with Gasteiger partial charge in [0, 0.05) is 13.1 Å². The van der Waals surface area contributed by atoms with E-state index >= 15 is 0 Å². The third-order valence-corrected chi connectivity index (χ3v) is 4.72. The molecule has 0 bridgehead atoms. The van der Waals surface area contributed by atoms with Crippen LogP contribution in [-0.4, -0.2) is 22.4 Å². The first kappa shape index (κ1) is 18.1. The molecule has 5 nitrogen and oxygen atoms in total. The molecule has 26 heavy (non-hydrogen) atoms. The lowest BCUT2D eigenvalue weighted by Gasteiger charge is -2.12. The Balaban J connectivity index is 1.46. The van der Waals surface area contributed by atoms with E-state index in [1.807, 2.05) is 12.1 Å². The third-order valence-electron chi connectivity index (χ3n) is 4.72. The van der Waals surface area contributed by atoms with E-state index in [0.29, 0.717) is 24.6 Å². The molecule has 5 heteroatoms. The summed E-state index contributed by atoms with van der Waals surface area (Å²) in [6, 6.07) is 8.21. The summed E-state index contributed by atoms with van der Waals surface area (Å²) in [6.07, 6.45) is 11.3. The SMILES string of the molecule is Cc1ccccc1CNc1cnc(C(=O)NCCC2=CCCCC2)cn1. The van der Waals surface area contributed by atoms with E-state index < -0.39 is 0 Å². The Hall–Kier alpha value is -2.69. The molecule has 0 fully saturated rings. The number of carbonyl (C=O) groups excluding carboxylic acids is 1. The number of rotatable bonds is 7. The van der Waals surface area contributed by atoms with Gasteiger partial charge in [-0.3, -0.25) is 4.79 Å². The first-order chi connectivity index (χ1) is 12.7. The molecule has 3 rings (SSSR count). The van der Waals surface area contributed by atoms with E-state index in [1.165, 1.54) is 42.2 Å². The van der Waals surface area contributed by atoms with Crippen molar-refractivity contribution in [3.8, 4) is 0 Å². The summed E-state index contributed by atoms with van der Waals surface area (Å²) >= 11 is 0. The number of aromatic nitrogens is 2. The van der Waals surface area contributed by atoms with E-state index in [2.05, 4.69) is 45.7 Å². The number of hydrogen-bond acceptors (Lipinski definition) is 4. The van der Waals surface area contributed by atoms with Gasteiger partial charge in [-0.05, 0) is 50.2 Å². The number of hydrogen-bond donors (Lipinski definition) is 2. The van der Waals surface area contributed by atoms with Crippen molar-refractivity contribution in [2.75, 3.05) is 11.9 Å². The summed E-state index contributed by atoms with van der Waals surface area (Å²) in [6.45, 7) is 3.42. The van der Waals surface area contributed by atoms with E-state index in [-0.39, 0.29) is 5.91 Å². The van der Waals surface area contributed by atoms with Crippen LogP contribution in [0, 0.1) is 6.92 Å². The fraction of sp³-hybridized carbons (Fsp3) is 0.381. The maximum atomic E-state index is 12.2. The zero-order chi connectivity index (χ0) is 18.2. The summed E-state index contributed by atoms with van der Waals surface area (Å²) in [5, 5.41) is 6.17. The van der Waals surface area contributed by atoms with Crippen molar-refractivity contribution in [1.82, 2.24) is 15.3 Å². The van der Waals surface area contributed by atoms with Gasteiger partial charge in [0.25, 0.3) is 5.91 Å². The maximum Gasteiger partial charge on any atom is 0.271 e. The number of aryl methyl sites for hydroxylation is 1. The van der Waals surface area contributed by atoms with Crippen molar-refractivity contribution >= 4 is 11.7 Å². The van der Waals surface area contributed by atoms with Gasteiger partial charge in [-0.25, -0.2) is 9.97 Å². The smallest absolute Gasteiger partial charge is 0.271 e. The van der Waals surface area contributed by atoms with E-state index in [4.69, 9.17) is 0 Å². The van der Waals surface area contributed by atoms with Crippen LogP contribution in [0.2, 0.25) is 0 Å². The minimum atomic E-state index is -0.167. The van der Waals surface area contributed by atoms with Gasteiger partial charge in [0.1, 0.15) is 11.5 Å². The van der Waals surface area contributed by atoms with Crippen LogP contribution >= 0.6 is 0 Å². The lowest BCUT2D eigenvalue weighted by atomic mass is 9.97. The second-order valence-corrected chi connectivity index (χ2v) is 6.68. The number of benzene rings is 1. The normalized spacial score (nSPS) is 13.8. The summed E-state index contributed by atoms with van der Waals surface area (Å²) in [7, 11) is 0. The number of amides is 1. The first-order valence-corrected chi connectivity index (χ1v) is 9.29. The van der Waals surface area contributed by atoms with Gasteiger partial charge < -0.3 is 10.6 Å². The molecule has 136 valence electrons. The molecular weight excluding hydrogens is 324 g/mol. The number of nitrogens with one attached hydrogen (secondary N) is 2. The van der Waals surface area contributed by atoms with E-state index in [1.54, 1.807) is 6.20 Å². The van der Waals surface area contributed by atoms with Crippen LogP contribution in [0.1, 0.15) is 53.7 Å². The molecule has 1 amide bonds. The van der Waals surface area contributed by atoms with Crippen LogP contribution in [0.5, 0.6) is 0 Å². The average Bonchev–Trinajstić information content (AvgIpc) is 2.68. The van der Waals surface area contributed by atoms with Crippen molar-refractivity contribution in [3.63, 3.8) is 0 Å². The zero-order valence-corrected chi connectivity index (χ0v) is 15.3. The molecule has 1 heterocycles. The van der Waals surface area contributed by atoms with E-state index in [9.17, 15) is 4.79 Å². The van der Waals surface area contributed by atoms with Crippen molar-refractivity contribution in [2.24, 2.45) is 0 Å². The molecule has 1 aliphatic carbocycles. The van der Waals surface area contributed by atoms with Crippen molar-refractivity contribution < 1.29 is 4.79 Å². The maximum absolute atomic E-state index is 12.2. The predicted molar refractivity (Wildman–Crippen MR) is 104 cm³/mol. The third kappa shape index (κ3) is 5.15. The lowest BCUT2D eigenvalue weighted by Crippen LogP contribution is -2.26. The molecule has 0 radical (unpaired) electrons. The Morgan fingerprint density at radius 1 is 1.15 bits per heavy atom. The van der Waals surface area contributed by atoms with Gasteiger partial charge in [-0.15, -0.1) is 0 Å². The van der Waals surface area contributed by atoms with Crippen LogP contribution in [0.25, 0.3) is 0 Å². The molecule has 2 N–H and O–H groups in total. The molecule has 0 aliphatic heterocycles. The van der Waals surface area contributed by atoms with Gasteiger partial charge in [0.15, 0.2) is 0 Å². The zero-order valence-electron chi connectivity index (χ0n) is 15.3. The highest BCUT2D eigenvalue weighted by Gasteiger charge is 2.09. The second kappa shape index (κ2) is 9.13. The molecule has 1 aromatic carbocycles. The Morgan fingerprint density at radius 2 is 2.04 bits per heavy atom. The Bertz CT molecular complexity index is 768. The standard InChI is InChI=1S/C21H26N4O/c1-16-7-5-6-10-18(16)13-24-20-15-23-19(14-25-20)21(26)22-12-11-17-8-3-2-4-9-17/h5-8,10,14-15H,2-4,9,11-13H2,1H3,(H,22,26)(H,24,25). The molecule has 2 aromatic rings. The summed E-state index contributed by atoms with van der Waals surface area (Å²) < 4.78 is 0. The van der Waals surface area contributed by atoms with Crippen molar-refractivity contribution in [3.05, 3.63) is 65.1 Å². The molecule has 1 aliphatic rings. The molecule has 0 spiro atoms. The quantitative estimate of drug-likeness (QED) is 0.740. The second-order valence-electron chi connectivity index (χ2n) is 6.68. The van der Waals surface area contributed by atoms with Gasteiger partial charge >= 0.3 is 0 Å². The minimum absolute atomic E-state index is 0.167. The molecule has 0 unspecified atom stereocenters. The monoisotopic (exact) mass is 350 g/mol. The molecule has 1 aromatic heterocycles. The molecule has 0 atom stereocenters. The minimum Gasteiger partial charge on any atom is -0.365 e. The van der Waals surface area contributed by atoms with Crippen LogP contribution in [0.3, 0.4) is 0 Å². The first-order valence-electron chi connectivity index (χ1n) is 9.29. The van der Waals surface area contributed by atoms with Gasteiger partial charge in [-0.2, -0.15) is 0 Å². The molecule has 0 saturated carbocycles. The van der Waals surface area contributed by atoms with Gasteiger partial charge in [0.2, 0.25) is 0 Å². The highest BCUT2D eigenvalue weighted by molar-refractivity contribution is 5.91. The number of carbonyl (C=O) groups is 1. The summed E-state index contributed by atoms with van der Waals surface area (Å²) in [5.74, 6) is 0.497. The van der Waals surface area contributed by atoms with Crippen molar-refractivity contribution in [2.45, 2.75) is 45.6 Å². The largest absolute Gasteiger partial charge is 0.365 e. The highest BCUT2D eigenvalue weighted by Crippen LogP contribution is 2.19. The average molecular weight is 350 g/mol. The lowest BCUT2D eigenvalue weighted by molar-refractivity contribution is 0.0948. The Morgan fingerprint density at radius 3 is 2.77 bits per heavy atom. The van der Waals surface area contributed by atoms with Crippen LogP contribution < -0.4 is 10.6 Å². The highest BCUT2D eigenvalue weighted by atomic mass is 16.1. The number of nitrogens with zero attached hydrogens (tertiary/aromatic N) is 2. The van der Waals surface area contributed by atoms with Gasteiger partial charge in [-0.1, -0.05) is 35.9 Å². The van der Waals surface area contributed by atoms with Crippen LogP contribution in [0.15, 0.2) is 48.3 Å². The summed E-state index contributed by atoms with van der Waals surface area (Å²) in [5.41, 5.74) is 4.26. The fourth-order valence-electron chi connectivity index (χ4n) is 3.09. The van der Waals surface area contributed by atoms with E-state index in [0.717, 1.165) is 12.8 Å². The number of anilines is 1. The van der Waals surface area contributed by atoms with Crippen LogP contribution in [-0.2, 0) is 6.54 Å². The fourth-order valence-corrected chi connectivity index (χ4v) is 3.09. The molecule has 0 saturated heterocycles. The molecular formula is C21H26N4O. The predicted octanol–water partition coefficient (Wildman–Crippen LogP) is 4.02. The number of allylic oxidation sites excluding steroid dienone is 1. The van der Waals surface area contributed by atoms with Gasteiger partial charge in [0.05, 0.1) is 12.4 Å². The summed E-state index contributed by atoms with van der Waals surface area (Å²) in [4.78, 5) is 20.7. The topological polar surface area (TPSA) is 66.9 Å². The van der Waals surface area contributed by atoms with Crippen LogP contribution in [0.4, 0.5) is 5.82 Å². The van der Waals surface area contributed by atoms with Crippen molar-refractivity contribution in [1.29, 1.82) is 0 Å².